The number of benzene rings is 3. The minimum atomic E-state index is -3.94. The highest BCUT2D eigenvalue weighted by molar-refractivity contribution is 7.92. The molecule has 0 aromatic heterocycles. The second kappa shape index (κ2) is 10.4. The van der Waals surface area contributed by atoms with E-state index in [1.165, 1.54) is 4.31 Å². The molecule has 3 aromatic rings. The average Bonchev–Trinajstić information content (AvgIpc) is 2.79. The molecule has 1 amide bonds. The van der Waals surface area contributed by atoms with E-state index >= 15 is 0 Å². The molecule has 0 fully saturated rings. The molecule has 0 aliphatic rings. The van der Waals surface area contributed by atoms with E-state index in [4.69, 9.17) is 0 Å². The number of nitrogens with one attached hydrogen (secondary N) is 1. The Morgan fingerprint density at radius 2 is 1.44 bits per heavy atom. The largest absolute Gasteiger partial charge is 0.348 e. The molecule has 6 heteroatoms. The second-order valence-electron chi connectivity index (χ2n) is 9.22. The molecule has 0 spiro atoms. The fourth-order valence-corrected chi connectivity index (χ4v) is 5.32. The van der Waals surface area contributed by atoms with E-state index in [1.807, 2.05) is 58.0 Å². The zero-order valence-corrected chi connectivity index (χ0v) is 21.6. The molecule has 0 bridgehead atoms. The van der Waals surface area contributed by atoms with Crippen LogP contribution in [0.3, 0.4) is 0 Å². The first-order valence-electron chi connectivity index (χ1n) is 11.5. The highest BCUT2D eigenvalue weighted by atomic mass is 32.2. The van der Waals surface area contributed by atoms with Gasteiger partial charge in [-0.25, -0.2) is 8.42 Å². The number of sulfonamides is 1. The Kier molecular flexibility index (Phi) is 7.82. The van der Waals surface area contributed by atoms with Crippen LogP contribution in [0.1, 0.15) is 60.5 Å². The molecule has 0 aliphatic heterocycles. The molecule has 3 rings (SSSR count). The van der Waals surface area contributed by atoms with Crippen LogP contribution in [0.4, 0.5) is 5.69 Å². The van der Waals surface area contributed by atoms with Crippen molar-refractivity contribution in [3.05, 3.63) is 94.5 Å². The maximum atomic E-state index is 13.6. The number of hydrogen-bond donors (Lipinski definition) is 1. The number of anilines is 1. The summed E-state index contributed by atoms with van der Waals surface area (Å²) in [4.78, 5) is 13.3. The Hall–Kier alpha value is -3.12. The second-order valence-corrected chi connectivity index (χ2v) is 11.1. The molecule has 34 heavy (non-hydrogen) atoms. The van der Waals surface area contributed by atoms with Crippen LogP contribution in [-0.2, 0) is 14.8 Å². The lowest BCUT2D eigenvalue weighted by atomic mass is 10.00. The Morgan fingerprint density at radius 1 is 0.853 bits per heavy atom. The summed E-state index contributed by atoms with van der Waals surface area (Å²) in [6.45, 7) is 11.7. The molecule has 0 aliphatic carbocycles. The molecule has 0 saturated carbocycles. The van der Waals surface area contributed by atoms with Gasteiger partial charge in [0.2, 0.25) is 5.91 Å². The lowest BCUT2D eigenvalue weighted by Crippen LogP contribution is -2.41. The number of rotatable bonds is 8. The number of aryl methyl sites for hydroxylation is 3. The van der Waals surface area contributed by atoms with Gasteiger partial charge < -0.3 is 5.32 Å². The summed E-state index contributed by atoms with van der Waals surface area (Å²) < 4.78 is 28.4. The molecule has 1 unspecified atom stereocenters. The SMILES string of the molecule is Cc1ccc(S(=O)(=O)N(CC(=O)NC(C)c2cc(C)ccc2C)c2ccc(C(C)C)cc2)cc1. The van der Waals surface area contributed by atoms with Gasteiger partial charge in [-0.2, -0.15) is 0 Å². The minimum Gasteiger partial charge on any atom is -0.348 e. The van der Waals surface area contributed by atoms with Crippen molar-refractivity contribution in [2.45, 2.75) is 58.4 Å². The van der Waals surface area contributed by atoms with E-state index in [0.29, 0.717) is 11.6 Å². The number of carbonyl (C=O) groups is 1. The molecule has 0 heterocycles. The van der Waals surface area contributed by atoms with Crippen LogP contribution in [0.15, 0.2) is 71.6 Å². The summed E-state index contributed by atoms with van der Waals surface area (Å²) in [7, 11) is -3.94. The van der Waals surface area contributed by atoms with E-state index in [0.717, 1.165) is 27.8 Å². The van der Waals surface area contributed by atoms with Crippen molar-refractivity contribution in [1.29, 1.82) is 0 Å². The summed E-state index contributed by atoms with van der Waals surface area (Å²) in [5, 5.41) is 2.98. The summed E-state index contributed by atoms with van der Waals surface area (Å²) >= 11 is 0. The Bertz CT molecular complexity index is 1250. The molecular formula is C28H34N2O3S. The van der Waals surface area contributed by atoms with Gasteiger partial charge in [0, 0.05) is 0 Å². The van der Waals surface area contributed by atoms with Crippen molar-refractivity contribution in [1.82, 2.24) is 5.32 Å². The van der Waals surface area contributed by atoms with Crippen LogP contribution < -0.4 is 9.62 Å². The Labute approximate surface area is 203 Å². The zero-order valence-electron chi connectivity index (χ0n) is 20.8. The maximum Gasteiger partial charge on any atom is 0.264 e. The zero-order chi connectivity index (χ0) is 25.0. The maximum absolute atomic E-state index is 13.6. The lowest BCUT2D eigenvalue weighted by molar-refractivity contribution is -0.120. The van der Waals surface area contributed by atoms with E-state index < -0.39 is 10.0 Å². The highest BCUT2D eigenvalue weighted by Gasteiger charge is 2.28. The molecule has 0 saturated heterocycles. The van der Waals surface area contributed by atoms with Crippen molar-refractivity contribution in [2.75, 3.05) is 10.8 Å². The first-order valence-corrected chi connectivity index (χ1v) is 13.0. The van der Waals surface area contributed by atoms with Crippen molar-refractivity contribution < 1.29 is 13.2 Å². The summed E-state index contributed by atoms with van der Waals surface area (Å²) in [6.07, 6.45) is 0. The van der Waals surface area contributed by atoms with E-state index in [1.54, 1.807) is 36.4 Å². The Balaban J connectivity index is 1.92. The van der Waals surface area contributed by atoms with Gasteiger partial charge >= 0.3 is 0 Å². The van der Waals surface area contributed by atoms with Gasteiger partial charge in [0.25, 0.3) is 10.0 Å². The monoisotopic (exact) mass is 478 g/mol. The predicted molar refractivity (Wildman–Crippen MR) is 139 cm³/mol. The molecule has 0 radical (unpaired) electrons. The first-order chi connectivity index (χ1) is 16.0. The fraction of sp³-hybridized carbons (Fsp3) is 0.321. The van der Waals surface area contributed by atoms with Crippen molar-refractivity contribution >= 4 is 21.6 Å². The number of carbonyl (C=O) groups excluding carboxylic acids is 1. The fourth-order valence-electron chi connectivity index (χ4n) is 3.90. The van der Waals surface area contributed by atoms with Gasteiger partial charge in [-0.3, -0.25) is 9.10 Å². The predicted octanol–water partition coefficient (Wildman–Crippen LogP) is 5.81. The number of amides is 1. The van der Waals surface area contributed by atoms with E-state index in [-0.39, 0.29) is 23.4 Å². The summed E-state index contributed by atoms with van der Waals surface area (Å²) in [6, 6.07) is 19.9. The molecule has 1 atom stereocenters. The van der Waals surface area contributed by atoms with Gasteiger partial charge in [-0.15, -0.1) is 0 Å². The normalized spacial score (nSPS) is 12.4. The third-order valence-electron chi connectivity index (χ3n) is 6.02. The van der Waals surface area contributed by atoms with Crippen LogP contribution in [0.5, 0.6) is 0 Å². The molecule has 5 nitrogen and oxygen atoms in total. The Morgan fingerprint density at radius 3 is 2.03 bits per heavy atom. The summed E-state index contributed by atoms with van der Waals surface area (Å²) in [5.74, 6) is -0.0463. The van der Waals surface area contributed by atoms with E-state index in [9.17, 15) is 13.2 Å². The summed E-state index contributed by atoms with van der Waals surface area (Å²) in [5.41, 5.74) is 5.72. The molecule has 3 aromatic carbocycles. The van der Waals surface area contributed by atoms with Crippen molar-refractivity contribution in [3.8, 4) is 0 Å². The standard InChI is InChI=1S/C28H34N2O3S/c1-19(2)24-11-13-25(14-12-24)30(34(32,33)26-15-8-20(3)9-16-26)18-28(31)29-23(6)27-17-21(4)7-10-22(27)5/h7-17,19,23H,18H2,1-6H3,(H,29,31). The smallest absolute Gasteiger partial charge is 0.264 e. The van der Waals surface area contributed by atoms with Gasteiger partial charge in [-0.1, -0.05) is 67.4 Å². The van der Waals surface area contributed by atoms with Crippen molar-refractivity contribution in [2.24, 2.45) is 0 Å². The third kappa shape index (κ3) is 5.86. The minimum absolute atomic E-state index is 0.154. The number of hydrogen-bond acceptors (Lipinski definition) is 3. The van der Waals surface area contributed by atoms with Gasteiger partial charge in [0.05, 0.1) is 16.6 Å². The van der Waals surface area contributed by atoms with Crippen LogP contribution in [-0.4, -0.2) is 20.9 Å². The lowest BCUT2D eigenvalue weighted by Gasteiger charge is -2.26. The highest BCUT2D eigenvalue weighted by Crippen LogP contribution is 2.26. The van der Waals surface area contributed by atoms with Crippen LogP contribution >= 0.6 is 0 Å². The topological polar surface area (TPSA) is 66.5 Å². The van der Waals surface area contributed by atoms with Crippen molar-refractivity contribution in [3.63, 3.8) is 0 Å². The molecule has 180 valence electrons. The first kappa shape index (κ1) is 25.5. The molecule has 1 N–H and O–H groups in total. The quantitative estimate of drug-likeness (QED) is 0.444. The third-order valence-corrected chi connectivity index (χ3v) is 7.81. The van der Waals surface area contributed by atoms with Gasteiger partial charge in [0.15, 0.2) is 0 Å². The van der Waals surface area contributed by atoms with Crippen LogP contribution in [0, 0.1) is 20.8 Å². The number of nitrogens with zero attached hydrogens (tertiary/aromatic N) is 1. The molecular weight excluding hydrogens is 444 g/mol. The van der Waals surface area contributed by atoms with Gasteiger partial charge in [-0.05, 0) is 74.6 Å². The average molecular weight is 479 g/mol. The van der Waals surface area contributed by atoms with Gasteiger partial charge in [0.1, 0.15) is 6.54 Å². The van der Waals surface area contributed by atoms with Crippen LogP contribution in [0.2, 0.25) is 0 Å². The van der Waals surface area contributed by atoms with Crippen LogP contribution in [0.25, 0.3) is 0 Å². The van der Waals surface area contributed by atoms with E-state index in [2.05, 4.69) is 19.2 Å².